The number of aromatic amines is 1. The number of amides is 1. The van der Waals surface area contributed by atoms with Gasteiger partial charge in [-0.25, -0.2) is 0 Å². The first-order valence-electron chi connectivity index (χ1n) is 5.76. The third-order valence-corrected chi connectivity index (χ3v) is 3.45. The quantitative estimate of drug-likeness (QED) is 0.820. The number of primary amides is 1. The van der Waals surface area contributed by atoms with E-state index in [0.717, 1.165) is 8.95 Å². The molecule has 0 aliphatic heterocycles. The molecule has 0 fully saturated rings. The second-order valence-electron chi connectivity index (χ2n) is 4.32. The Hall–Kier alpha value is -1.41. The first-order valence-corrected chi connectivity index (χ1v) is 7.35. The maximum absolute atomic E-state index is 11.4. The first-order chi connectivity index (χ1) is 9.40. The smallest absolute Gasteiger partial charge is 0.271 e. The molecule has 2 rings (SSSR count). The van der Waals surface area contributed by atoms with Crippen LogP contribution in [0.1, 0.15) is 24.3 Å². The van der Waals surface area contributed by atoms with E-state index in [1.54, 1.807) is 6.07 Å². The summed E-state index contributed by atoms with van der Waals surface area (Å²) in [5.74, 6) is -0.0695. The number of nitrogens with zero attached hydrogens (tertiary/aromatic N) is 2. The van der Waals surface area contributed by atoms with E-state index in [1.807, 2.05) is 19.9 Å². The van der Waals surface area contributed by atoms with Crippen LogP contribution in [-0.4, -0.2) is 27.4 Å². The molecule has 0 saturated heterocycles. The van der Waals surface area contributed by atoms with E-state index in [-0.39, 0.29) is 11.8 Å². The SMILES string of the molecule is CC(C)Oc1c(Br)cc(Br)cc1-c1n[nH]nc1C(N)=O. The van der Waals surface area contributed by atoms with Gasteiger partial charge in [-0.15, -0.1) is 0 Å². The fourth-order valence-corrected chi connectivity index (χ4v) is 3.00. The third-order valence-electron chi connectivity index (χ3n) is 2.40. The molecule has 3 N–H and O–H groups in total. The Bertz CT molecular complexity index is 655. The van der Waals surface area contributed by atoms with Crippen LogP contribution in [0.4, 0.5) is 0 Å². The maximum Gasteiger partial charge on any atom is 0.271 e. The van der Waals surface area contributed by atoms with Crippen LogP contribution in [-0.2, 0) is 0 Å². The minimum absolute atomic E-state index is 0.0323. The lowest BCUT2D eigenvalue weighted by Crippen LogP contribution is -2.13. The van der Waals surface area contributed by atoms with E-state index in [0.29, 0.717) is 17.0 Å². The van der Waals surface area contributed by atoms with Crippen LogP contribution >= 0.6 is 31.9 Å². The molecule has 0 aliphatic carbocycles. The van der Waals surface area contributed by atoms with Crippen molar-refractivity contribution in [1.82, 2.24) is 15.4 Å². The summed E-state index contributed by atoms with van der Waals surface area (Å²) in [6.45, 7) is 3.83. The third kappa shape index (κ3) is 3.01. The lowest BCUT2D eigenvalue weighted by molar-refractivity contribution is 0.0996. The molecule has 2 aromatic rings. The second-order valence-corrected chi connectivity index (χ2v) is 6.09. The molecule has 0 spiro atoms. The number of ether oxygens (including phenoxy) is 1. The molecule has 0 unspecified atom stereocenters. The van der Waals surface area contributed by atoms with Gasteiger partial charge in [-0.2, -0.15) is 15.4 Å². The minimum atomic E-state index is -0.652. The Morgan fingerprint density at radius 1 is 1.35 bits per heavy atom. The average Bonchev–Trinajstić information content (AvgIpc) is 2.80. The molecule has 0 bridgehead atoms. The molecular weight excluding hydrogens is 392 g/mol. The molecule has 106 valence electrons. The standard InChI is InChI=1S/C12H12Br2N4O2/c1-5(2)20-11-7(3-6(13)4-8(11)14)9-10(12(15)19)17-18-16-9/h3-5H,1-2H3,(H2,15,19)(H,16,17,18). The van der Waals surface area contributed by atoms with Crippen LogP contribution in [0.15, 0.2) is 21.1 Å². The zero-order chi connectivity index (χ0) is 14.9. The number of H-pyrrole nitrogens is 1. The molecule has 0 atom stereocenters. The monoisotopic (exact) mass is 402 g/mol. The topological polar surface area (TPSA) is 93.9 Å². The average molecular weight is 404 g/mol. The number of nitrogens with two attached hydrogens (primary N) is 1. The van der Waals surface area contributed by atoms with Crippen molar-refractivity contribution in [1.29, 1.82) is 0 Å². The van der Waals surface area contributed by atoms with E-state index in [9.17, 15) is 4.79 Å². The van der Waals surface area contributed by atoms with Crippen molar-refractivity contribution < 1.29 is 9.53 Å². The molecular formula is C12H12Br2N4O2. The molecule has 0 saturated carbocycles. The summed E-state index contributed by atoms with van der Waals surface area (Å²) in [5, 5.41) is 10.2. The highest BCUT2D eigenvalue weighted by atomic mass is 79.9. The van der Waals surface area contributed by atoms with Crippen molar-refractivity contribution in [2.24, 2.45) is 5.73 Å². The summed E-state index contributed by atoms with van der Waals surface area (Å²) in [6, 6.07) is 3.65. The van der Waals surface area contributed by atoms with Gasteiger partial charge in [-0.05, 0) is 41.9 Å². The molecule has 6 nitrogen and oxygen atoms in total. The Balaban J connectivity index is 2.65. The summed E-state index contributed by atoms with van der Waals surface area (Å²) in [4.78, 5) is 11.4. The highest BCUT2D eigenvalue weighted by Gasteiger charge is 2.21. The number of aromatic nitrogens is 3. The number of halogens is 2. The van der Waals surface area contributed by atoms with Gasteiger partial charge in [0.25, 0.3) is 5.91 Å². The largest absolute Gasteiger partial charge is 0.489 e. The zero-order valence-corrected chi connectivity index (χ0v) is 13.9. The van der Waals surface area contributed by atoms with Gasteiger partial charge in [0.05, 0.1) is 10.6 Å². The predicted molar refractivity (Wildman–Crippen MR) is 81.5 cm³/mol. The van der Waals surface area contributed by atoms with Crippen LogP contribution in [0.5, 0.6) is 5.75 Å². The number of hydrogen-bond acceptors (Lipinski definition) is 4. The summed E-state index contributed by atoms with van der Waals surface area (Å²) in [5.41, 5.74) is 6.35. The zero-order valence-electron chi connectivity index (χ0n) is 10.8. The highest BCUT2D eigenvalue weighted by Crippen LogP contribution is 2.39. The van der Waals surface area contributed by atoms with Crippen LogP contribution in [0.3, 0.4) is 0 Å². The molecule has 0 radical (unpaired) electrons. The molecule has 1 aromatic carbocycles. The number of nitrogens with one attached hydrogen (secondary N) is 1. The Kier molecular flexibility index (Phi) is 4.44. The van der Waals surface area contributed by atoms with Gasteiger partial charge >= 0.3 is 0 Å². The van der Waals surface area contributed by atoms with Crippen molar-refractivity contribution in [2.45, 2.75) is 20.0 Å². The summed E-state index contributed by atoms with van der Waals surface area (Å²) in [6.07, 6.45) is -0.0323. The fourth-order valence-electron chi connectivity index (χ4n) is 1.68. The Labute approximate surface area is 132 Å². The lowest BCUT2D eigenvalue weighted by Gasteiger charge is -2.15. The van der Waals surface area contributed by atoms with Crippen molar-refractivity contribution >= 4 is 37.8 Å². The van der Waals surface area contributed by atoms with E-state index in [4.69, 9.17) is 10.5 Å². The van der Waals surface area contributed by atoms with Crippen molar-refractivity contribution in [3.05, 3.63) is 26.8 Å². The predicted octanol–water partition coefficient (Wildman–Crippen LogP) is 2.88. The number of carbonyl (C=O) groups excluding carboxylic acids is 1. The van der Waals surface area contributed by atoms with Crippen LogP contribution in [0, 0.1) is 0 Å². The molecule has 1 amide bonds. The van der Waals surface area contributed by atoms with E-state index >= 15 is 0 Å². The maximum atomic E-state index is 11.4. The van der Waals surface area contributed by atoms with E-state index < -0.39 is 5.91 Å². The van der Waals surface area contributed by atoms with Gasteiger partial charge in [-0.3, -0.25) is 4.79 Å². The highest BCUT2D eigenvalue weighted by molar-refractivity contribution is 9.11. The van der Waals surface area contributed by atoms with Gasteiger partial charge in [-0.1, -0.05) is 15.9 Å². The number of hydrogen-bond donors (Lipinski definition) is 2. The summed E-state index contributed by atoms with van der Waals surface area (Å²) in [7, 11) is 0. The number of rotatable bonds is 4. The minimum Gasteiger partial charge on any atom is -0.489 e. The first kappa shape index (κ1) is 15.0. The number of benzene rings is 1. The van der Waals surface area contributed by atoms with E-state index in [2.05, 4.69) is 47.3 Å². The fraction of sp³-hybridized carbons (Fsp3) is 0.250. The lowest BCUT2D eigenvalue weighted by atomic mass is 10.1. The van der Waals surface area contributed by atoms with Crippen LogP contribution in [0.25, 0.3) is 11.3 Å². The summed E-state index contributed by atoms with van der Waals surface area (Å²) >= 11 is 6.84. The van der Waals surface area contributed by atoms with Gasteiger partial charge in [0.1, 0.15) is 11.4 Å². The van der Waals surface area contributed by atoms with E-state index in [1.165, 1.54) is 0 Å². The van der Waals surface area contributed by atoms with Crippen molar-refractivity contribution in [3.63, 3.8) is 0 Å². The van der Waals surface area contributed by atoms with Crippen LogP contribution < -0.4 is 10.5 Å². The Morgan fingerprint density at radius 2 is 2.05 bits per heavy atom. The van der Waals surface area contributed by atoms with Gasteiger partial charge in [0, 0.05) is 10.0 Å². The second kappa shape index (κ2) is 5.92. The Morgan fingerprint density at radius 3 is 2.65 bits per heavy atom. The normalized spacial score (nSPS) is 10.8. The van der Waals surface area contributed by atoms with Gasteiger partial charge in [0.2, 0.25) is 0 Å². The van der Waals surface area contributed by atoms with Crippen LogP contribution in [0.2, 0.25) is 0 Å². The molecule has 1 heterocycles. The van der Waals surface area contributed by atoms with Crippen molar-refractivity contribution in [2.75, 3.05) is 0 Å². The summed E-state index contributed by atoms with van der Waals surface area (Å²) < 4.78 is 7.35. The molecule has 8 heteroatoms. The number of carbonyl (C=O) groups is 1. The molecule has 0 aliphatic rings. The van der Waals surface area contributed by atoms with Gasteiger partial charge in [0.15, 0.2) is 5.69 Å². The molecule has 1 aromatic heterocycles. The van der Waals surface area contributed by atoms with Gasteiger partial charge < -0.3 is 10.5 Å². The molecule has 20 heavy (non-hydrogen) atoms. The van der Waals surface area contributed by atoms with Crippen molar-refractivity contribution in [3.8, 4) is 17.0 Å².